The van der Waals surface area contributed by atoms with E-state index in [0.717, 1.165) is 23.3 Å². The van der Waals surface area contributed by atoms with Crippen molar-refractivity contribution in [3.05, 3.63) is 107 Å². The van der Waals surface area contributed by atoms with Crippen LogP contribution in [-0.2, 0) is 40.0 Å². The maximum Gasteiger partial charge on any atom is 0.416 e. The van der Waals surface area contributed by atoms with Crippen molar-refractivity contribution in [3.8, 4) is 0 Å². The van der Waals surface area contributed by atoms with Crippen molar-refractivity contribution in [1.29, 1.82) is 0 Å². The Kier molecular flexibility index (Phi) is 9.26. The molecule has 0 saturated carbocycles. The molecule has 3 rings (SSSR count). The third-order valence-electron chi connectivity index (χ3n) is 5.46. The van der Waals surface area contributed by atoms with Crippen LogP contribution in [0.25, 0.3) is 0 Å². The van der Waals surface area contributed by atoms with E-state index >= 15 is 0 Å². The first-order chi connectivity index (χ1) is 17.6. The topological polar surface area (TPSA) is 111 Å². The van der Waals surface area contributed by atoms with Crippen LogP contribution in [0.2, 0.25) is 0 Å². The second-order valence-corrected chi connectivity index (χ2v) is 8.31. The van der Waals surface area contributed by atoms with Crippen molar-refractivity contribution in [2.45, 2.75) is 37.7 Å². The Morgan fingerprint density at radius 2 is 1.32 bits per heavy atom. The summed E-state index contributed by atoms with van der Waals surface area (Å²) >= 11 is 0. The molecule has 0 aliphatic rings. The SMILES string of the molecule is NC(=O)[C@@H](Cc1cccc(C(F)(F)F)c1)NC(=O)[C@@H](Cc1ccccc1)NC(=O)OCc1ccccc1. The van der Waals surface area contributed by atoms with Gasteiger partial charge >= 0.3 is 12.3 Å². The monoisotopic (exact) mass is 513 g/mol. The first-order valence-corrected chi connectivity index (χ1v) is 11.4. The molecule has 0 bridgehead atoms. The van der Waals surface area contributed by atoms with Gasteiger partial charge in [0.05, 0.1) is 5.56 Å². The Bertz CT molecular complexity index is 1200. The molecule has 0 aromatic heterocycles. The van der Waals surface area contributed by atoms with Crippen molar-refractivity contribution >= 4 is 17.9 Å². The number of hydrogen-bond acceptors (Lipinski definition) is 4. The van der Waals surface area contributed by atoms with Crippen LogP contribution in [0.15, 0.2) is 84.9 Å². The molecule has 0 radical (unpaired) electrons. The van der Waals surface area contributed by atoms with E-state index < -0.39 is 41.7 Å². The summed E-state index contributed by atoms with van der Waals surface area (Å²) in [6.07, 6.45) is -5.61. The van der Waals surface area contributed by atoms with Gasteiger partial charge in [-0.25, -0.2) is 4.79 Å². The third-order valence-corrected chi connectivity index (χ3v) is 5.46. The molecule has 0 fully saturated rings. The summed E-state index contributed by atoms with van der Waals surface area (Å²) in [6.45, 7) is -0.0220. The van der Waals surface area contributed by atoms with E-state index in [1.165, 1.54) is 12.1 Å². The Morgan fingerprint density at radius 3 is 1.92 bits per heavy atom. The highest BCUT2D eigenvalue weighted by molar-refractivity contribution is 5.91. The van der Waals surface area contributed by atoms with Crippen LogP contribution >= 0.6 is 0 Å². The highest BCUT2D eigenvalue weighted by atomic mass is 19.4. The normalized spacial score (nSPS) is 12.7. The zero-order valence-corrected chi connectivity index (χ0v) is 19.7. The molecule has 3 aromatic carbocycles. The summed E-state index contributed by atoms with van der Waals surface area (Å²) < 4.78 is 44.4. The van der Waals surface area contributed by atoms with E-state index in [-0.39, 0.29) is 25.0 Å². The minimum atomic E-state index is -4.56. The van der Waals surface area contributed by atoms with Crippen molar-refractivity contribution in [2.75, 3.05) is 0 Å². The number of rotatable bonds is 10. The Balaban J connectivity index is 1.72. The highest BCUT2D eigenvalue weighted by Gasteiger charge is 2.31. The predicted octanol–water partition coefficient (Wildman–Crippen LogP) is 3.76. The molecule has 0 unspecified atom stereocenters. The first-order valence-electron chi connectivity index (χ1n) is 11.4. The quantitative estimate of drug-likeness (QED) is 0.384. The summed E-state index contributed by atoms with van der Waals surface area (Å²) in [5.41, 5.74) is 6.18. The van der Waals surface area contributed by atoms with Gasteiger partial charge in [0.2, 0.25) is 11.8 Å². The molecule has 3 amide bonds. The van der Waals surface area contributed by atoms with Gasteiger partial charge in [0.25, 0.3) is 0 Å². The molecule has 0 aliphatic carbocycles. The summed E-state index contributed by atoms with van der Waals surface area (Å²) in [5.74, 6) is -1.67. The number of benzene rings is 3. The van der Waals surface area contributed by atoms with E-state index in [4.69, 9.17) is 10.5 Å². The molecule has 4 N–H and O–H groups in total. The lowest BCUT2D eigenvalue weighted by Gasteiger charge is -2.22. The molecule has 0 spiro atoms. The minimum absolute atomic E-state index is 0.0220. The van der Waals surface area contributed by atoms with Crippen LogP contribution < -0.4 is 16.4 Å². The fraction of sp³-hybridized carbons (Fsp3) is 0.222. The number of nitrogens with two attached hydrogens (primary N) is 1. The number of alkyl carbamates (subject to hydrolysis) is 1. The standard InChI is InChI=1S/C27H26F3N3O4/c28-27(29,30)21-13-7-12-20(14-21)16-22(24(31)34)32-25(35)23(15-18-8-3-1-4-9-18)33-26(36)37-17-19-10-5-2-6-11-19/h1-14,22-23H,15-17H2,(H2,31,34)(H,32,35)(H,33,36)/t22-,23-/m1/s1. The van der Waals surface area contributed by atoms with Gasteiger partial charge in [0.1, 0.15) is 18.7 Å². The minimum Gasteiger partial charge on any atom is -0.445 e. The molecular formula is C27H26F3N3O4. The van der Waals surface area contributed by atoms with E-state index in [1.54, 1.807) is 54.6 Å². The van der Waals surface area contributed by atoms with Crippen LogP contribution in [0.5, 0.6) is 0 Å². The van der Waals surface area contributed by atoms with Crippen LogP contribution in [0, 0.1) is 0 Å². The molecule has 2 atom stereocenters. The molecule has 10 heteroatoms. The van der Waals surface area contributed by atoms with Gasteiger partial charge in [-0.2, -0.15) is 13.2 Å². The highest BCUT2D eigenvalue weighted by Crippen LogP contribution is 2.29. The number of alkyl halides is 3. The van der Waals surface area contributed by atoms with Crippen LogP contribution in [0.3, 0.4) is 0 Å². The predicted molar refractivity (Wildman–Crippen MR) is 130 cm³/mol. The Labute approximate surface area is 211 Å². The van der Waals surface area contributed by atoms with Gasteiger partial charge in [0.15, 0.2) is 0 Å². The zero-order valence-electron chi connectivity index (χ0n) is 19.7. The van der Waals surface area contributed by atoms with Gasteiger partial charge in [-0.3, -0.25) is 9.59 Å². The fourth-order valence-corrected chi connectivity index (χ4v) is 3.57. The summed E-state index contributed by atoms with van der Waals surface area (Å²) in [6, 6.07) is 19.7. The van der Waals surface area contributed by atoms with Crippen molar-refractivity contribution in [1.82, 2.24) is 10.6 Å². The zero-order chi connectivity index (χ0) is 26.8. The molecule has 7 nitrogen and oxygen atoms in total. The lowest BCUT2D eigenvalue weighted by molar-refractivity contribution is -0.137. The van der Waals surface area contributed by atoms with Crippen LogP contribution in [-0.4, -0.2) is 30.0 Å². The molecule has 0 aliphatic heterocycles. The lowest BCUT2D eigenvalue weighted by Crippen LogP contribution is -2.54. The van der Waals surface area contributed by atoms with Crippen LogP contribution in [0.4, 0.5) is 18.0 Å². The Hall–Kier alpha value is -4.34. The number of carbonyl (C=O) groups excluding carboxylic acids is 3. The summed E-state index contributed by atoms with van der Waals surface area (Å²) in [5, 5.41) is 4.96. The Morgan fingerprint density at radius 1 is 0.757 bits per heavy atom. The number of halogens is 3. The van der Waals surface area contributed by atoms with Crippen molar-refractivity contribution in [2.24, 2.45) is 5.73 Å². The first kappa shape index (κ1) is 27.3. The average molecular weight is 514 g/mol. The van der Waals surface area contributed by atoms with Gasteiger partial charge in [-0.15, -0.1) is 0 Å². The molecule has 0 heterocycles. The second-order valence-electron chi connectivity index (χ2n) is 8.31. The van der Waals surface area contributed by atoms with Crippen molar-refractivity contribution < 1.29 is 32.3 Å². The number of ether oxygens (including phenoxy) is 1. The van der Waals surface area contributed by atoms with Gasteiger partial charge in [-0.1, -0.05) is 78.9 Å². The maximum atomic E-state index is 13.1. The lowest BCUT2D eigenvalue weighted by atomic mass is 10.0. The number of primary amides is 1. The number of amides is 3. The van der Waals surface area contributed by atoms with Gasteiger partial charge in [-0.05, 0) is 22.8 Å². The van der Waals surface area contributed by atoms with Crippen LogP contribution in [0.1, 0.15) is 22.3 Å². The molecule has 37 heavy (non-hydrogen) atoms. The number of hydrogen-bond donors (Lipinski definition) is 3. The van der Waals surface area contributed by atoms with E-state index in [9.17, 15) is 27.6 Å². The van der Waals surface area contributed by atoms with E-state index in [0.29, 0.717) is 0 Å². The fourth-order valence-electron chi connectivity index (χ4n) is 3.57. The van der Waals surface area contributed by atoms with Gasteiger partial charge in [0, 0.05) is 12.8 Å². The molecular weight excluding hydrogens is 487 g/mol. The molecule has 3 aromatic rings. The molecule has 194 valence electrons. The second kappa shape index (κ2) is 12.6. The largest absolute Gasteiger partial charge is 0.445 e. The third kappa shape index (κ3) is 8.68. The van der Waals surface area contributed by atoms with E-state index in [1.807, 2.05) is 6.07 Å². The van der Waals surface area contributed by atoms with Gasteiger partial charge < -0.3 is 21.1 Å². The van der Waals surface area contributed by atoms with E-state index in [2.05, 4.69) is 10.6 Å². The maximum absolute atomic E-state index is 13.1. The smallest absolute Gasteiger partial charge is 0.416 e. The van der Waals surface area contributed by atoms with Crippen molar-refractivity contribution in [3.63, 3.8) is 0 Å². The number of carbonyl (C=O) groups is 3. The summed E-state index contributed by atoms with van der Waals surface area (Å²) in [4.78, 5) is 37.6. The summed E-state index contributed by atoms with van der Waals surface area (Å²) in [7, 11) is 0. The number of nitrogens with one attached hydrogen (secondary N) is 2. The average Bonchev–Trinajstić information content (AvgIpc) is 2.87. The molecule has 0 saturated heterocycles.